The second kappa shape index (κ2) is 6.12. The number of nitrogens with zero attached hydrogens (tertiary/aromatic N) is 2. The zero-order valence-corrected chi connectivity index (χ0v) is 13.3. The molecule has 0 bridgehead atoms. The lowest BCUT2D eigenvalue weighted by Gasteiger charge is -2.14. The van der Waals surface area contributed by atoms with Crippen molar-refractivity contribution in [3.05, 3.63) is 59.1 Å². The zero-order chi connectivity index (χ0) is 18.2. The minimum Gasteiger partial charge on any atom is -0.395 e. The smallest absolute Gasteiger partial charge is 0.395 e. The quantitative estimate of drug-likeness (QED) is 0.751. The number of nitrogens with two attached hydrogens (primary N) is 2. The number of aryl methyl sites for hydroxylation is 1. The van der Waals surface area contributed by atoms with Gasteiger partial charge in [-0.05, 0) is 30.2 Å². The Morgan fingerprint density at radius 2 is 1.92 bits per heavy atom. The number of hydrogen-bond donors (Lipinski definition) is 2. The molecule has 25 heavy (non-hydrogen) atoms. The first-order chi connectivity index (χ1) is 11.8. The topological polar surface area (TPSA) is 91.0 Å². The number of benzene rings is 1. The van der Waals surface area contributed by atoms with E-state index in [-0.39, 0.29) is 17.9 Å². The second-order valence-corrected chi connectivity index (χ2v) is 5.63. The molecular formula is C17H15F3N4O. The van der Waals surface area contributed by atoms with Gasteiger partial charge in [-0.3, -0.25) is 0 Å². The Morgan fingerprint density at radius 3 is 2.56 bits per heavy atom. The summed E-state index contributed by atoms with van der Waals surface area (Å²) in [6.07, 6.45) is -2.75. The van der Waals surface area contributed by atoms with Gasteiger partial charge in [-0.1, -0.05) is 17.3 Å². The third kappa shape index (κ3) is 3.42. The van der Waals surface area contributed by atoms with Crippen molar-refractivity contribution in [3.8, 4) is 11.1 Å². The van der Waals surface area contributed by atoms with Gasteiger partial charge in [0.15, 0.2) is 0 Å². The Bertz CT molecular complexity index is 918. The summed E-state index contributed by atoms with van der Waals surface area (Å²) in [7, 11) is 0. The summed E-state index contributed by atoms with van der Waals surface area (Å²) in [5, 5.41) is 3.90. The van der Waals surface area contributed by atoms with Gasteiger partial charge in [0, 0.05) is 24.2 Å². The monoisotopic (exact) mass is 348 g/mol. The molecule has 0 unspecified atom stereocenters. The summed E-state index contributed by atoms with van der Waals surface area (Å²) < 4.78 is 44.0. The fourth-order valence-corrected chi connectivity index (χ4v) is 2.57. The van der Waals surface area contributed by atoms with Crippen molar-refractivity contribution in [2.24, 2.45) is 0 Å². The van der Waals surface area contributed by atoms with Crippen LogP contribution in [0.4, 0.5) is 24.7 Å². The van der Waals surface area contributed by atoms with E-state index >= 15 is 0 Å². The molecule has 5 nitrogen and oxygen atoms in total. The lowest BCUT2D eigenvalue weighted by molar-refractivity contribution is -0.137. The van der Waals surface area contributed by atoms with Crippen molar-refractivity contribution in [1.29, 1.82) is 0 Å². The maximum atomic E-state index is 13.0. The van der Waals surface area contributed by atoms with Gasteiger partial charge in [-0.25, -0.2) is 4.98 Å². The molecule has 0 amide bonds. The highest BCUT2D eigenvalue weighted by molar-refractivity contribution is 5.78. The van der Waals surface area contributed by atoms with Crippen LogP contribution in [0.2, 0.25) is 0 Å². The van der Waals surface area contributed by atoms with Crippen LogP contribution < -0.4 is 11.5 Å². The van der Waals surface area contributed by atoms with Crippen LogP contribution in [0.15, 0.2) is 41.1 Å². The molecule has 0 spiro atoms. The molecule has 0 aliphatic rings. The van der Waals surface area contributed by atoms with Crippen molar-refractivity contribution in [3.63, 3.8) is 0 Å². The van der Waals surface area contributed by atoms with E-state index in [1.165, 1.54) is 12.3 Å². The molecule has 0 aliphatic heterocycles. The average Bonchev–Trinajstić information content (AvgIpc) is 2.96. The summed E-state index contributed by atoms with van der Waals surface area (Å²) in [5.74, 6) is 0.738. The molecule has 0 aliphatic carbocycles. The normalized spacial score (nSPS) is 11.7. The van der Waals surface area contributed by atoms with E-state index in [2.05, 4.69) is 10.1 Å². The van der Waals surface area contributed by atoms with E-state index in [1.54, 1.807) is 19.1 Å². The molecule has 1 aromatic carbocycles. The highest BCUT2D eigenvalue weighted by Crippen LogP contribution is 2.35. The predicted octanol–water partition coefficient (Wildman–Crippen LogP) is 3.82. The van der Waals surface area contributed by atoms with E-state index in [0.717, 1.165) is 12.1 Å². The standard InChI is InChI=1S/C17H15F3N4O/c1-9-5-12(24-25-9)7-13-14(8-23-16(22)15(13)21)10-3-2-4-11(6-10)17(18,19)20/h2-6,8H,7,21H2,1H3,(H2,22,23). The molecule has 3 rings (SSSR count). The Hall–Kier alpha value is -3.03. The molecule has 130 valence electrons. The molecular weight excluding hydrogens is 333 g/mol. The molecule has 2 aromatic heterocycles. The fourth-order valence-electron chi connectivity index (χ4n) is 2.57. The first kappa shape index (κ1) is 16.8. The summed E-state index contributed by atoms with van der Waals surface area (Å²) in [6.45, 7) is 1.74. The minimum absolute atomic E-state index is 0.117. The van der Waals surface area contributed by atoms with Crippen LogP contribution in [0.5, 0.6) is 0 Å². The van der Waals surface area contributed by atoms with Crippen LogP contribution in [0.25, 0.3) is 11.1 Å². The Morgan fingerprint density at radius 1 is 1.16 bits per heavy atom. The Balaban J connectivity index is 2.12. The maximum absolute atomic E-state index is 13.0. The fraction of sp³-hybridized carbons (Fsp3) is 0.176. The maximum Gasteiger partial charge on any atom is 0.416 e. The Kier molecular flexibility index (Phi) is 4.12. The molecule has 2 heterocycles. The van der Waals surface area contributed by atoms with E-state index in [0.29, 0.717) is 28.1 Å². The van der Waals surface area contributed by atoms with Gasteiger partial charge >= 0.3 is 6.18 Å². The van der Waals surface area contributed by atoms with Crippen LogP contribution in [-0.2, 0) is 12.6 Å². The molecule has 0 saturated heterocycles. The van der Waals surface area contributed by atoms with E-state index < -0.39 is 11.7 Å². The van der Waals surface area contributed by atoms with Crippen molar-refractivity contribution >= 4 is 11.5 Å². The number of hydrogen-bond acceptors (Lipinski definition) is 5. The zero-order valence-electron chi connectivity index (χ0n) is 13.3. The number of alkyl halides is 3. The summed E-state index contributed by atoms with van der Waals surface area (Å²) in [4.78, 5) is 3.98. The van der Waals surface area contributed by atoms with E-state index in [4.69, 9.17) is 16.0 Å². The van der Waals surface area contributed by atoms with Gasteiger partial charge in [0.1, 0.15) is 11.6 Å². The second-order valence-electron chi connectivity index (χ2n) is 5.63. The van der Waals surface area contributed by atoms with Gasteiger partial charge in [-0.2, -0.15) is 13.2 Å². The average molecular weight is 348 g/mol. The van der Waals surface area contributed by atoms with Crippen molar-refractivity contribution in [2.45, 2.75) is 19.5 Å². The number of anilines is 2. The molecule has 0 fully saturated rings. The van der Waals surface area contributed by atoms with Gasteiger partial charge in [0.05, 0.1) is 16.9 Å². The van der Waals surface area contributed by atoms with E-state index in [1.807, 2.05) is 0 Å². The van der Waals surface area contributed by atoms with Crippen molar-refractivity contribution in [1.82, 2.24) is 10.1 Å². The van der Waals surface area contributed by atoms with Crippen molar-refractivity contribution in [2.75, 3.05) is 11.5 Å². The SMILES string of the molecule is Cc1cc(Cc2c(-c3cccc(C(F)(F)F)c3)cnc(N)c2N)no1. The third-order valence-electron chi connectivity index (χ3n) is 3.79. The first-order valence-electron chi connectivity index (χ1n) is 7.38. The number of nitrogen functional groups attached to an aromatic ring is 2. The Labute approximate surface area is 141 Å². The highest BCUT2D eigenvalue weighted by atomic mass is 19.4. The van der Waals surface area contributed by atoms with Crippen molar-refractivity contribution < 1.29 is 17.7 Å². The van der Waals surface area contributed by atoms with Crippen LogP contribution in [-0.4, -0.2) is 10.1 Å². The van der Waals surface area contributed by atoms with Crippen LogP contribution in [0, 0.1) is 6.92 Å². The van der Waals surface area contributed by atoms with Gasteiger partial charge in [0.25, 0.3) is 0 Å². The van der Waals surface area contributed by atoms with Crippen LogP contribution in [0.3, 0.4) is 0 Å². The van der Waals surface area contributed by atoms with E-state index in [9.17, 15) is 13.2 Å². The molecule has 0 atom stereocenters. The summed E-state index contributed by atoms with van der Waals surface area (Å²) >= 11 is 0. The first-order valence-corrected chi connectivity index (χ1v) is 7.38. The predicted molar refractivity (Wildman–Crippen MR) is 87.5 cm³/mol. The highest BCUT2D eigenvalue weighted by Gasteiger charge is 2.30. The van der Waals surface area contributed by atoms with Crippen LogP contribution in [0.1, 0.15) is 22.6 Å². The lowest BCUT2D eigenvalue weighted by Crippen LogP contribution is -2.07. The number of pyridine rings is 1. The molecule has 0 saturated carbocycles. The largest absolute Gasteiger partial charge is 0.416 e. The van der Waals surface area contributed by atoms with Gasteiger partial charge < -0.3 is 16.0 Å². The van der Waals surface area contributed by atoms with Gasteiger partial charge in [-0.15, -0.1) is 0 Å². The molecule has 3 aromatic rings. The number of halogens is 3. The summed E-state index contributed by atoms with van der Waals surface area (Å²) in [6, 6.07) is 6.71. The molecule has 0 radical (unpaired) electrons. The van der Waals surface area contributed by atoms with Gasteiger partial charge in [0.2, 0.25) is 0 Å². The number of aromatic nitrogens is 2. The minimum atomic E-state index is -4.44. The third-order valence-corrected chi connectivity index (χ3v) is 3.79. The van der Waals surface area contributed by atoms with Crippen LogP contribution >= 0.6 is 0 Å². The number of rotatable bonds is 3. The molecule has 4 N–H and O–H groups in total. The lowest BCUT2D eigenvalue weighted by atomic mass is 9.95. The summed E-state index contributed by atoms with van der Waals surface area (Å²) in [5.41, 5.74) is 13.2. The molecule has 8 heteroatoms.